The normalized spacial score (nSPS) is 16.8. The zero-order valence-corrected chi connectivity index (χ0v) is 6.05. The van der Waals surface area contributed by atoms with Crippen molar-refractivity contribution in [2.75, 3.05) is 0 Å². The second-order valence-electron chi connectivity index (χ2n) is 2.95. The number of phenolic OH excluding ortho intramolecular Hbond substituents is 1. The summed E-state index contributed by atoms with van der Waals surface area (Å²) in [6.07, 6.45) is 2.11. The molecule has 58 valence electrons. The van der Waals surface area contributed by atoms with Crippen LogP contribution in [-0.2, 0) is 0 Å². The van der Waals surface area contributed by atoms with Gasteiger partial charge in [0.25, 0.3) is 0 Å². The Hall–Kier alpha value is -1.05. The number of benzene rings is 1. The van der Waals surface area contributed by atoms with Gasteiger partial charge in [0.15, 0.2) is 11.6 Å². The number of halogens is 1. The summed E-state index contributed by atoms with van der Waals surface area (Å²) >= 11 is 0. The largest absolute Gasteiger partial charge is 0.505 e. The van der Waals surface area contributed by atoms with E-state index in [9.17, 15) is 4.39 Å². The first-order chi connectivity index (χ1) is 5.29. The van der Waals surface area contributed by atoms with Crippen molar-refractivity contribution in [3.05, 3.63) is 29.6 Å². The van der Waals surface area contributed by atoms with Gasteiger partial charge in [0.1, 0.15) is 0 Å². The van der Waals surface area contributed by atoms with Crippen LogP contribution in [0.25, 0.3) is 0 Å². The lowest BCUT2D eigenvalue weighted by Gasteiger charge is -2.00. The lowest BCUT2D eigenvalue weighted by molar-refractivity contribution is 0.428. The summed E-state index contributed by atoms with van der Waals surface area (Å²) in [5.74, 6) is -0.300. The van der Waals surface area contributed by atoms with Gasteiger partial charge in [0, 0.05) is 0 Å². The molecule has 0 unspecified atom stereocenters. The molecule has 0 aromatic heterocycles. The molecule has 0 bridgehead atoms. The molecule has 0 atom stereocenters. The molecule has 1 N–H and O–H groups in total. The lowest BCUT2D eigenvalue weighted by Crippen LogP contribution is -1.85. The summed E-state index contributed by atoms with van der Waals surface area (Å²) in [4.78, 5) is 0. The fraction of sp³-hybridized carbons (Fsp3) is 0.333. The van der Waals surface area contributed by atoms with Gasteiger partial charge < -0.3 is 5.11 Å². The smallest absolute Gasteiger partial charge is 0.168 e. The fourth-order valence-corrected chi connectivity index (χ4v) is 1.25. The van der Waals surface area contributed by atoms with Crippen molar-refractivity contribution < 1.29 is 9.50 Å². The van der Waals surface area contributed by atoms with Crippen LogP contribution >= 0.6 is 0 Å². The predicted octanol–water partition coefficient (Wildman–Crippen LogP) is 2.41. The van der Waals surface area contributed by atoms with Gasteiger partial charge in [0.2, 0.25) is 0 Å². The molecule has 2 heteroatoms. The maximum atomic E-state index is 13.0. The number of phenols is 1. The van der Waals surface area contributed by atoms with Gasteiger partial charge in [-0.3, -0.25) is 0 Å². The van der Waals surface area contributed by atoms with Gasteiger partial charge in [-0.1, -0.05) is 12.1 Å². The molecular formula is C9H9FO. The first-order valence-electron chi connectivity index (χ1n) is 3.76. The number of hydrogen-bond donors (Lipinski definition) is 1. The van der Waals surface area contributed by atoms with Crippen LogP contribution in [0, 0.1) is 5.82 Å². The van der Waals surface area contributed by atoms with Crippen LogP contribution in [0.5, 0.6) is 5.75 Å². The van der Waals surface area contributed by atoms with Gasteiger partial charge in [-0.15, -0.1) is 0 Å². The van der Waals surface area contributed by atoms with Crippen molar-refractivity contribution in [3.8, 4) is 5.75 Å². The Bertz CT molecular complexity index is 279. The third kappa shape index (κ3) is 1.09. The number of rotatable bonds is 1. The molecule has 1 fully saturated rings. The SMILES string of the molecule is Oc1cccc(C2CC2)c1F. The highest BCUT2D eigenvalue weighted by molar-refractivity contribution is 5.34. The van der Waals surface area contributed by atoms with Crippen molar-refractivity contribution in [1.29, 1.82) is 0 Å². The standard InChI is InChI=1S/C9H9FO/c10-9-7(6-4-5-6)2-1-3-8(9)11/h1-3,6,11H,4-5H2. The average Bonchev–Trinajstić information content (AvgIpc) is 2.77. The molecule has 1 aliphatic rings. The molecule has 0 spiro atoms. The number of aromatic hydroxyl groups is 1. The molecule has 1 aliphatic carbocycles. The van der Waals surface area contributed by atoms with E-state index < -0.39 is 5.82 Å². The summed E-state index contributed by atoms with van der Waals surface area (Å²) in [6, 6.07) is 4.81. The minimum absolute atomic E-state index is 0.227. The zero-order chi connectivity index (χ0) is 7.84. The van der Waals surface area contributed by atoms with E-state index in [0.29, 0.717) is 11.5 Å². The Morgan fingerprint density at radius 2 is 2.09 bits per heavy atom. The van der Waals surface area contributed by atoms with Crippen molar-refractivity contribution in [2.45, 2.75) is 18.8 Å². The van der Waals surface area contributed by atoms with E-state index in [1.807, 2.05) is 0 Å². The molecule has 0 heterocycles. The molecule has 1 nitrogen and oxygen atoms in total. The Kier molecular flexibility index (Phi) is 1.34. The van der Waals surface area contributed by atoms with E-state index in [1.54, 1.807) is 12.1 Å². The Morgan fingerprint density at radius 3 is 2.73 bits per heavy atom. The lowest BCUT2D eigenvalue weighted by atomic mass is 10.1. The van der Waals surface area contributed by atoms with Crippen LogP contribution in [0.2, 0.25) is 0 Å². The Balaban J connectivity index is 2.45. The van der Waals surface area contributed by atoms with E-state index >= 15 is 0 Å². The highest BCUT2D eigenvalue weighted by Gasteiger charge is 2.27. The fourth-order valence-electron chi connectivity index (χ4n) is 1.25. The Labute approximate surface area is 64.5 Å². The topological polar surface area (TPSA) is 20.2 Å². The molecule has 1 saturated carbocycles. The quantitative estimate of drug-likeness (QED) is 0.655. The van der Waals surface area contributed by atoms with E-state index in [2.05, 4.69) is 0 Å². The van der Waals surface area contributed by atoms with Gasteiger partial charge >= 0.3 is 0 Å². The summed E-state index contributed by atoms with van der Waals surface area (Å²) in [6.45, 7) is 0. The molecular weight excluding hydrogens is 143 g/mol. The van der Waals surface area contributed by atoms with Crippen molar-refractivity contribution in [1.82, 2.24) is 0 Å². The zero-order valence-electron chi connectivity index (χ0n) is 6.05. The van der Waals surface area contributed by atoms with Crippen LogP contribution in [0.4, 0.5) is 4.39 Å². The molecule has 1 aromatic rings. The minimum atomic E-state index is -0.435. The van der Waals surface area contributed by atoms with Crippen LogP contribution < -0.4 is 0 Å². The third-order valence-corrected chi connectivity index (χ3v) is 2.03. The van der Waals surface area contributed by atoms with Crippen LogP contribution in [0.1, 0.15) is 24.3 Å². The van der Waals surface area contributed by atoms with Gasteiger partial charge in [-0.2, -0.15) is 0 Å². The van der Waals surface area contributed by atoms with E-state index in [-0.39, 0.29) is 5.75 Å². The van der Waals surface area contributed by atoms with E-state index in [0.717, 1.165) is 12.8 Å². The molecule has 0 amide bonds. The second-order valence-corrected chi connectivity index (χ2v) is 2.95. The van der Waals surface area contributed by atoms with Gasteiger partial charge in [-0.05, 0) is 30.4 Å². The first kappa shape index (κ1) is 6.65. The van der Waals surface area contributed by atoms with Gasteiger partial charge in [-0.25, -0.2) is 4.39 Å². The van der Waals surface area contributed by atoms with E-state index in [4.69, 9.17) is 5.11 Å². The molecule has 11 heavy (non-hydrogen) atoms. The van der Waals surface area contributed by atoms with E-state index in [1.165, 1.54) is 6.07 Å². The maximum absolute atomic E-state index is 13.0. The highest BCUT2D eigenvalue weighted by Crippen LogP contribution is 2.42. The molecule has 1 aromatic carbocycles. The van der Waals surface area contributed by atoms with Gasteiger partial charge in [0.05, 0.1) is 0 Å². The molecule has 0 aliphatic heterocycles. The average molecular weight is 152 g/mol. The predicted molar refractivity (Wildman–Crippen MR) is 40.0 cm³/mol. The minimum Gasteiger partial charge on any atom is -0.505 e. The second kappa shape index (κ2) is 2.22. The monoisotopic (exact) mass is 152 g/mol. The summed E-state index contributed by atoms with van der Waals surface area (Å²) in [7, 11) is 0. The molecule has 2 rings (SSSR count). The van der Waals surface area contributed by atoms with Crippen molar-refractivity contribution >= 4 is 0 Å². The molecule has 0 radical (unpaired) electrons. The summed E-state index contributed by atoms with van der Waals surface area (Å²) in [5.41, 5.74) is 0.671. The maximum Gasteiger partial charge on any atom is 0.168 e. The van der Waals surface area contributed by atoms with Crippen LogP contribution in [0.3, 0.4) is 0 Å². The van der Waals surface area contributed by atoms with Crippen LogP contribution in [-0.4, -0.2) is 5.11 Å². The summed E-state index contributed by atoms with van der Waals surface area (Å²) < 4.78 is 13.0. The summed E-state index contributed by atoms with van der Waals surface area (Å²) in [5, 5.41) is 9.00. The number of hydrogen-bond acceptors (Lipinski definition) is 1. The third-order valence-electron chi connectivity index (χ3n) is 2.03. The van der Waals surface area contributed by atoms with Crippen molar-refractivity contribution in [3.63, 3.8) is 0 Å². The van der Waals surface area contributed by atoms with Crippen molar-refractivity contribution in [2.24, 2.45) is 0 Å². The first-order valence-corrected chi connectivity index (χ1v) is 3.76. The Morgan fingerprint density at radius 1 is 1.36 bits per heavy atom. The molecule has 0 saturated heterocycles. The van der Waals surface area contributed by atoms with Crippen LogP contribution in [0.15, 0.2) is 18.2 Å². The highest BCUT2D eigenvalue weighted by atomic mass is 19.1.